The van der Waals surface area contributed by atoms with E-state index in [1.165, 1.54) is 49.5 Å². The van der Waals surface area contributed by atoms with E-state index in [0.717, 1.165) is 35.6 Å². The van der Waals surface area contributed by atoms with Crippen LogP contribution in [0.15, 0.2) is 24.3 Å². The molecule has 0 spiro atoms. The normalized spacial score (nSPS) is 14.7. The van der Waals surface area contributed by atoms with Crippen LogP contribution in [0.5, 0.6) is 11.5 Å². The summed E-state index contributed by atoms with van der Waals surface area (Å²) >= 11 is 1.48. The molecule has 1 fully saturated rings. The predicted octanol–water partition coefficient (Wildman–Crippen LogP) is 5.82. The molecule has 1 aromatic carbocycles. The molecule has 1 aromatic heterocycles. The van der Waals surface area contributed by atoms with Crippen molar-refractivity contribution in [2.45, 2.75) is 64.2 Å². The van der Waals surface area contributed by atoms with E-state index in [-0.39, 0.29) is 5.91 Å². The average Bonchev–Trinajstić information content (AvgIpc) is 3.24. The first-order chi connectivity index (χ1) is 14.7. The predicted molar refractivity (Wildman–Crippen MR) is 121 cm³/mol. The molecule has 0 aliphatic heterocycles. The maximum atomic E-state index is 12.3. The number of carbonyl (C=O) groups is 1. The summed E-state index contributed by atoms with van der Waals surface area (Å²) in [7, 11) is 1.62. The van der Waals surface area contributed by atoms with Gasteiger partial charge in [0.05, 0.1) is 13.7 Å². The van der Waals surface area contributed by atoms with Crippen molar-refractivity contribution in [1.82, 2.24) is 10.2 Å². The van der Waals surface area contributed by atoms with Crippen LogP contribution in [-0.2, 0) is 4.79 Å². The third kappa shape index (κ3) is 6.55. The van der Waals surface area contributed by atoms with Crippen LogP contribution in [0.3, 0.4) is 0 Å². The molecule has 1 heterocycles. The van der Waals surface area contributed by atoms with Gasteiger partial charge in [-0.3, -0.25) is 10.1 Å². The van der Waals surface area contributed by atoms with E-state index in [0.29, 0.717) is 23.4 Å². The van der Waals surface area contributed by atoms with Gasteiger partial charge < -0.3 is 9.47 Å². The molecule has 2 aromatic rings. The number of carbonyl (C=O) groups excluding carboxylic acids is 1. The molecule has 1 aliphatic carbocycles. The number of hydrogen-bond donors (Lipinski definition) is 1. The van der Waals surface area contributed by atoms with Gasteiger partial charge in [0.25, 0.3) is 0 Å². The molecular weight excluding hydrogens is 398 g/mol. The topological polar surface area (TPSA) is 73.3 Å². The van der Waals surface area contributed by atoms with Gasteiger partial charge in [-0.15, -0.1) is 10.2 Å². The smallest absolute Gasteiger partial charge is 0.250 e. The average molecular weight is 430 g/mol. The number of hydrogen-bond acceptors (Lipinski definition) is 6. The van der Waals surface area contributed by atoms with Gasteiger partial charge in [0.1, 0.15) is 5.01 Å². The molecule has 1 amide bonds. The van der Waals surface area contributed by atoms with Gasteiger partial charge in [-0.25, -0.2) is 0 Å². The van der Waals surface area contributed by atoms with Crippen LogP contribution in [0, 0.1) is 0 Å². The quantitative estimate of drug-likeness (QED) is 0.381. The Bertz CT molecular complexity index is 844. The number of anilines is 1. The Balaban J connectivity index is 1.54. The lowest BCUT2D eigenvalue weighted by atomic mass is 9.90. The van der Waals surface area contributed by atoms with E-state index >= 15 is 0 Å². The van der Waals surface area contributed by atoms with Crippen molar-refractivity contribution in [3.8, 4) is 11.5 Å². The molecule has 6 nitrogen and oxygen atoms in total. The van der Waals surface area contributed by atoms with Gasteiger partial charge in [-0.1, -0.05) is 56.4 Å². The highest BCUT2D eigenvalue weighted by atomic mass is 32.1. The highest BCUT2D eigenvalue weighted by Gasteiger charge is 2.20. The highest BCUT2D eigenvalue weighted by molar-refractivity contribution is 7.15. The summed E-state index contributed by atoms with van der Waals surface area (Å²) in [5.41, 5.74) is 0.864. The van der Waals surface area contributed by atoms with Crippen LogP contribution in [0.25, 0.3) is 6.08 Å². The van der Waals surface area contributed by atoms with E-state index in [1.807, 2.05) is 18.2 Å². The number of unbranched alkanes of at least 4 members (excludes halogenated alkanes) is 2. The zero-order valence-electron chi connectivity index (χ0n) is 17.9. The number of amides is 1. The first-order valence-corrected chi connectivity index (χ1v) is 11.6. The molecule has 0 unspecified atom stereocenters. The van der Waals surface area contributed by atoms with Crippen LogP contribution in [0.2, 0.25) is 0 Å². The lowest BCUT2D eigenvalue weighted by Crippen LogP contribution is -2.07. The Morgan fingerprint density at radius 2 is 2.03 bits per heavy atom. The second kappa shape index (κ2) is 11.7. The summed E-state index contributed by atoms with van der Waals surface area (Å²) in [5, 5.41) is 12.8. The van der Waals surface area contributed by atoms with Crippen molar-refractivity contribution >= 4 is 28.5 Å². The minimum absolute atomic E-state index is 0.222. The Kier molecular flexibility index (Phi) is 8.68. The number of methoxy groups -OCH3 is 1. The summed E-state index contributed by atoms with van der Waals surface area (Å²) < 4.78 is 11.2. The zero-order valence-corrected chi connectivity index (χ0v) is 18.7. The maximum absolute atomic E-state index is 12.3. The molecule has 0 atom stereocenters. The fourth-order valence-electron chi connectivity index (χ4n) is 3.56. The van der Waals surface area contributed by atoms with Gasteiger partial charge in [0.2, 0.25) is 11.0 Å². The second-order valence-electron chi connectivity index (χ2n) is 7.57. The molecule has 0 radical (unpaired) electrons. The van der Waals surface area contributed by atoms with Crippen LogP contribution < -0.4 is 14.8 Å². The number of ether oxygens (including phenoxy) is 2. The highest BCUT2D eigenvalue weighted by Crippen LogP contribution is 2.35. The standard InChI is InChI=1S/C23H31N3O3S/c1-3-4-8-15-29-19-13-11-17(16-20(19)28-2)12-14-21(27)24-23-26-25-22(30-23)18-9-6-5-7-10-18/h11-14,16,18H,3-10,15H2,1-2H3,(H,24,26,27)/b14-12+. The SMILES string of the molecule is CCCCCOc1ccc(/C=C/C(=O)Nc2nnc(C3CCCCC3)s2)cc1OC. The van der Waals surface area contributed by atoms with Gasteiger partial charge in [-0.2, -0.15) is 0 Å². The summed E-state index contributed by atoms with van der Waals surface area (Å²) in [4.78, 5) is 12.3. The summed E-state index contributed by atoms with van der Waals surface area (Å²) in [5.74, 6) is 1.66. The third-order valence-corrected chi connectivity index (χ3v) is 6.25. The number of nitrogens with one attached hydrogen (secondary N) is 1. The molecule has 1 saturated carbocycles. The van der Waals surface area contributed by atoms with E-state index in [9.17, 15) is 4.79 Å². The Morgan fingerprint density at radius 1 is 1.20 bits per heavy atom. The number of nitrogens with zero attached hydrogens (tertiary/aromatic N) is 2. The molecule has 1 aliphatic rings. The number of aromatic nitrogens is 2. The molecule has 7 heteroatoms. The molecular formula is C23H31N3O3S. The lowest BCUT2D eigenvalue weighted by Gasteiger charge is -2.18. The maximum Gasteiger partial charge on any atom is 0.250 e. The molecule has 0 saturated heterocycles. The minimum Gasteiger partial charge on any atom is -0.493 e. The monoisotopic (exact) mass is 429 g/mol. The lowest BCUT2D eigenvalue weighted by molar-refractivity contribution is -0.111. The molecule has 30 heavy (non-hydrogen) atoms. The van der Waals surface area contributed by atoms with Crippen molar-refractivity contribution in [1.29, 1.82) is 0 Å². The minimum atomic E-state index is -0.222. The Hall–Kier alpha value is -2.41. The zero-order chi connectivity index (χ0) is 21.2. The van der Waals surface area contributed by atoms with Crippen molar-refractivity contribution in [3.63, 3.8) is 0 Å². The van der Waals surface area contributed by atoms with Gasteiger partial charge >= 0.3 is 0 Å². The van der Waals surface area contributed by atoms with Crippen LogP contribution in [0.1, 0.15) is 74.8 Å². The van der Waals surface area contributed by atoms with Crippen molar-refractivity contribution in [2.24, 2.45) is 0 Å². The molecule has 3 rings (SSSR count). The summed E-state index contributed by atoms with van der Waals surface area (Å²) in [6.45, 7) is 2.84. The Morgan fingerprint density at radius 3 is 2.80 bits per heavy atom. The first-order valence-electron chi connectivity index (χ1n) is 10.8. The molecule has 162 valence electrons. The Labute approximate surface area is 182 Å². The third-order valence-electron chi connectivity index (χ3n) is 5.25. The van der Waals surface area contributed by atoms with E-state index in [4.69, 9.17) is 9.47 Å². The van der Waals surface area contributed by atoms with E-state index < -0.39 is 0 Å². The fourth-order valence-corrected chi connectivity index (χ4v) is 4.48. The summed E-state index contributed by atoms with van der Waals surface area (Å²) in [6, 6.07) is 5.65. The van der Waals surface area contributed by atoms with Crippen LogP contribution in [0.4, 0.5) is 5.13 Å². The van der Waals surface area contributed by atoms with Crippen molar-refractivity contribution in [3.05, 3.63) is 34.8 Å². The van der Waals surface area contributed by atoms with Crippen molar-refractivity contribution in [2.75, 3.05) is 19.0 Å². The largest absolute Gasteiger partial charge is 0.493 e. The van der Waals surface area contributed by atoms with E-state index in [2.05, 4.69) is 22.4 Å². The van der Waals surface area contributed by atoms with Gasteiger partial charge in [0, 0.05) is 12.0 Å². The van der Waals surface area contributed by atoms with Gasteiger partial charge in [-0.05, 0) is 43.0 Å². The number of rotatable bonds is 10. The van der Waals surface area contributed by atoms with E-state index in [1.54, 1.807) is 13.2 Å². The first kappa shape index (κ1) is 22.3. The van der Waals surface area contributed by atoms with Crippen LogP contribution >= 0.6 is 11.3 Å². The molecule has 0 bridgehead atoms. The fraction of sp³-hybridized carbons (Fsp3) is 0.522. The van der Waals surface area contributed by atoms with Crippen LogP contribution in [-0.4, -0.2) is 29.8 Å². The second-order valence-corrected chi connectivity index (χ2v) is 8.58. The summed E-state index contributed by atoms with van der Waals surface area (Å²) in [6.07, 6.45) is 12.7. The van der Waals surface area contributed by atoms with Gasteiger partial charge in [0.15, 0.2) is 11.5 Å². The number of benzene rings is 1. The van der Waals surface area contributed by atoms with Crippen molar-refractivity contribution < 1.29 is 14.3 Å². The molecule has 1 N–H and O–H groups in total.